The number of carbonyl (C=O) groups is 2. The van der Waals surface area contributed by atoms with Gasteiger partial charge in [0.05, 0.1) is 24.7 Å². The van der Waals surface area contributed by atoms with Crippen molar-refractivity contribution >= 4 is 23.6 Å². The van der Waals surface area contributed by atoms with E-state index in [-0.39, 0.29) is 30.8 Å². The van der Waals surface area contributed by atoms with E-state index in [0.717, 1.165) is 11.1 Å². The van der Waals surface area contributed by atoms with Crippen molar-refractivity contribution in [3.05, 3.63) is 107 Å². The van der Waals surface area contributed by atoms with Crippen LogP contribution in [-0.2, 0) is 9.59 Å². The number of halogens is 2. The van der Waals surface area contributed by atoms with Gasteiger partial charge >= 0.3 is 0 Å². The number of rotatable bonds is 17. The second kappa shape index (κ2) is 17.6. The van der Waals surface area contributed by atoms with Gasteiger partial charge in [-0.1, -0.05) is 48.6 Å². The zero-order chi connectivity index (χ0) is 35.7. The van der Waals surface area contributed by atoms with Crippen molar-refractivity contribution in [3.8, 4) is 0 Å². The fourth-order valence-electron chi connectivity index (χ4n) is 5.93. The van der Waals surface area contributed by atoms with Gasteiger partial charge in [0, 0.05) is 25.7 Å². The van der Waals surface area contributed by atoms with Crippen LogP contribution in [-0.4, -0.2) is 92.0 Å². The molecule has 7 atom stereocenters. The summed E-state index contributed by atoms with van der Waals surface area (Å²) < 4.78 is 27.0. The van der Waals surface area contributed by atoms with E-state index in [1.54, 1.807) is 17.0 Å². The molecule has 3 aromatic rings. The maximum absolute atomic E-state index is 13.6. The summed E-state index contributed by atoms with van der Waals surface area (Å²) in [6.45, 7) is -1.05. The molecule has 1 fully saturated rings. The minimum Gasteiger partial charge on any atom is -0.394 e. The van der Waals surface area contributed by atoms with Crippen LogP contribution in [0.15, 0.2) is 78.9 Å². The largest absolute Gasteiger partial charge is 0.394 e. The summed E-state index contributed by atoms with van der Waals surface area (Å²) in [5.41, 5.74) is 2.91. The molecule has 1 aliphatic rings. The number of unbranched alkanes of at least 4 members (excludes halogenated alkanes) is 1. The second-order valence-electron chi connectivity index (χ2n) is 12.4. The monoisotopic (exact) mass is 682 g/mol. The van der Waals surface area contributed by atoms with Crippen LogP contribution in [0.3, 0.4) is 0 Å². The van der Waals surface area contributed by atoms with Gasteiger partial charge in [0.2, 0.25) is 11.8 Å². The molecule has 10 nitrogen and oxygen atoms in total. The summed E-state index contributed by atoms with van der Waals surface area (Å²) in [6.07, 6.45) is -1.69. The molecule has 0 radical (unpaired) electrons. The fraction of sp³-hybridized carbons (Fsp3) is 0.405. The van der Waals surface area contributed by atoms with Crippen LogP contribution in [0, 0.1) is 17.6 Å². The van der Waals surface area contributed by atoms with E-state index < -0.39 is 54.7 Å². The van der Waals surface area contributed by atoms with E-state index in [1.165, 1.54) is 48.3 Å². The number of hydrogen-bond acceptors (Lipinski definition) is 8. The van der Waals surface area contributed by atoms with Gasteiger partial charge in [-0.05, 0) is 78.8 Å². The summed E-state index contributed by atoms with van der Waals surface area (Å²) >= 11 is 0. The van der Waals surface area contributed by atoms with E-state index in [0.29, 0.717) is 36.9 Å². The van der Waals surface area contributed by atoms with Gasteiger partial charge in [-0.25, -0.2) is 8.78 Å². The molecular weight excluding hydrogens is 638 g/mol. The fourth-order valence-corrected chi connectivity index (χ4v) is 5.93. The molecule has 3 aromatic carbocycles. The SMILES string of the molecule is CN(CC(O)C(O)C(O)C(O)CO)C(=O)CCCC=Cc1ccc(C2C(CCC(O)c3ccc(F)cc3)C(=O)N2c2ccc(F)cc2)cc1. The molecule has 0 aliphatic carbocycles. The number of aliphatic hydroxyl groups is 6. The van der Waals surface area contributed by atoms with Gasteiger partial charge in [0.25, 0.3) is 0 Å². The van der Waals surface area contributed by atoms with Crippen molar-refractivity contribution in [1.82, 2.24) is 4.90 Å². The Hall–Kier alpha value is -4.04. The normalized spacial score (nSPS) is 19.3. The summed E-state index contributed by atoms with van der Waals surface area (Å²) in [5, 5.41) is 58.9. The Bertz CT molecular complexity index is 1540. The summed E-state index contributed by atoms with van der Waals surface area (Å²) in [5.74, 6) is -1.63. The molecule has 0 bridgehead atoms. The lowest BCUT2D eigenvalue weighted by atomic mass is 9.78. The number of likely N-dealkylation sites (N-methyl/N-ethyl adjacent to an activating group) is 1. The van der Waals surface area contributed by atoms with Crippen LogP contribution in [0.4, 0.5) is 14.5 Å². The highest BCUT2D eigenvalue weighted by Gasteiger charge is 2.48. The van der Waals surface area contributed by atoms with Gasteiger partial charge in [0.1, 0.15) is 36.1 Å². The third-order valence-corrected chi connectivity index (χ3v) is 8.89. The zero-order valence-corrected chi connectivity index (χ0v) is 27.2. The Balaban J connectivity index is 1.32. The number of hydrogen-bond donors (Lipinski definition) is 6. The summed E-state index contributed by atoms with van der Waals surface area (Å²) in [7, 11) is 1.45. The molecule has 1 saturated heterocycles. The van der Waals surface area contributed by atoms with Crippen LogP contribution in [0.25, 0.3) is 6.08 Å². The Morgan fingerprint density at radius 1 is 0.878 bits per heavy atom. The Morgan fingerprint density at radius 3 is 2.08 bits per heavy atom. The minimum absolute atomic E-state index is 0.129. The number of anilines is 1. The lowest BCUT2D eigenvalue weighted by Gasteiger charge is -2.48. The Kier molecular flexibility index (Phi) is 13.5. The van der Waals surface area contributed by atoms with Gasteiger partial charge < -0.3 is 40.4 Å². The van der Waals surface area contributed by atoms with Crippen LogP contribution in [0.2, 0.25) is 0 Å². The molecule has 2 amide bonds. The quantitative estimate of drug-likeness (QED) is 0.0935. The van der Waals surface area contributed by atoms with Gasteiger partial charge in [0.15, 0.2) is 0 Å². The average molecular weight is 683 g/mol. The number of allylic oxidation sites excluding steroid dienone is 1. The van der Waals surface area contributed by atoms with E-state index in [1.807, 2.05) is 36.4 Å². The Labute approximate surface area is 284 Å². The molecule has 0 saturated carbocycles. The lowest BCUT2D eigenvalue weighted by molar-refractivity contribution is -0.138. The zero-order valence-electron chi connectivity index (χ0n) is 27.2. The maximum Gasteiger partial charge on any atom is 0.233 e. The van der Waals surface area contributed by atoms with Crippen LogP contribution >= 0.6 is 0 Å². The van der Waals surface area contributed by atoms with E-state index in [2.05, 4.69) is 0 Å². The molecule has 0 spiro atoms. The van der Waals surface area contributed by atoms with Crippen molar-refractivity contribution in [2.45, 2.75) is 68.7 Å². The second-order valence-corrected chi connectivity index (χ2v) is 12.4. The number of carbonyl (C=O) groups excluding carboxylic acids is 2. The van der Waals surface area contributed by atoms with Crippen LogP contribution < -0.4 is 4.90 Å². The molecule has 12 heteroatoms. The van der Waals surface area contributed by atoms with Crippen molar-refractivity contribution in [3.63, 3.8) is 0 Å². The summed E-state index contributed by atoms with van der Waals surface area (Å²) in [4.78, 5) is 28.7. The third kappa shape index (κ3) is 9.78. The van der Waals surface area contributed by atoms with Crippen LogP contribution in [0.5, 0.6) is 0 Å². The van der Waals surface area contributed by atoms with Crippen molar-refractivity contribution in [2.24, 2.45) is 5.92 Å². The van der Waals surface area contributed by atoms with Crippen molar-refractivity contribution < 1.29 is 49.0 Å². The average Bonchev–Trinajstić information content (AvgIpc) is 3.10. The molecule has 1 heterocycles. The molecule has 7 unspecified atom stereocenters. The van der Waals surface area contributed by atoms with Gasteiger partial charge in [-0.2, -0.15) is 0 Å². The molecule has 4 rings (SSSR count). The molecule has 49 heavy (non-hydrogen) atoms. The van der Waals surface area contributed by atoms with Gasteiger partial charge in [-0.3, -0.25) is 9.59 Å². The predicted octanol–water partition coefficient (Wildman–Crippen LogP) is 3.26. The number of amides is 2. The molecule has 0 aromatic heterocycles. The maximum atomic E-state index is 13.6. The molecule has 6 N–H and O–H groups in total. The van der Waals surface area contributed by atoms with Gasteiger partial charge in [-0.15, -0.1) is 0 Å². The topological polar surface area (TPSA) is 162 Å². The smallest absolute Gasteiger partial charge is 0.233 e. The van der Waals surface area contributed by atoms with E-state index >= 15 is 0 Å². The van der Waals surface area contributed by atoms with Crippen LogP contribution in [0.1, 0.15) is 60.9 Å². The third-order valence-electron chi connectivity index (χ3n) is 8.89. The van der Waals surface area contributed by atoms with E-state index in [4.69, 9.17) is 5.11 Å². The highest BCUT2D eigenvalue weighted by molar-refractivity contribution is 6.03. The first-order valence-electron chi connectivity index (χ1n) is 16.3. The summed E-state index contributed by atoms with van der Waals surface area (Å²) in [6, 6.07) is 18.7. The number of β-lactam (4-membered cyclic amide) rings is 1. The number of aliphatic hydroxyl groups excluding tert-OH is 6. The van der Waals surface area contributed by atoms with Crippen molar-refractivity contribution in [1.29, 1.82) is 0 Å². The minimum atomic E-state index is -1.76. The Morgan fingerprint density at radius 2 is 1.47 bits per heavy atom. The first-order valence-corrected chi connectivity index (χ1v) is 16.3. The number of benzene rings is 3. The molecular formula is C37H44F2N2O8. The first-order chi connectivity index (χ1) is 23.4. The van der Waals surface area contributed by atoms with E-state index in [9.17, 15) is 43.9 Å². The highest BCUT2D eigenvalue weighted by atomic mass is 19.1. The lowest BCUT2D eigenvalue weighted by Crippen LogP contribution is -2.55. The molecule has 264 valence electrons. The predicted molar refractivity (Wildman–Crippen MR) is 179 cm³/mol. The van der Waals surface area contributed by atoms with Crippen molar-refractivity contribution in [2.75, 3.05) is 25.1 Å². The molecule has 1 aliphatic heterocycles. The first kappa shape index (κ1) is 37.8. The number of nitrogens with zero attached hydrogens (tertiary/aromatic N) is 2. The highest BCUT2D eigenvalue weighted by Crippen LogP contribution is 2.46. The standard InChI is InChI=1S/C37H44F2N2O8/c1-40(21-31(44)35(47)36(48)32(45)22-42)33(46)6-4-2-3-5-23-7-9-25(10-8-23)34-29(19-20-30(43)24-11-13-26(38)14-12-24)37(49)41(34)28-17-15-27(39)16-18-28/h3,5,7-18,29-32,34-36,42-45,47-48H,2,4,6,19-22H2,1H3.